The summed E-state index contributed by atoms with van der Waals surface area (Å²) in [7, 11) is 0. The van der Waals surface area contributed by atoms with E-state index in [1.54, 1.807) is 0 Å². The molecule has 0 bridgehead atoms. The summed E-state index contributed by atoms with van der Waals surface area (Å²) in [5.41, 5.74) is 0. The fourth-order valence-electron chi connectivity index (χ4n) is 0. The van der Waals surface area contributed by atoms with Crippen LogP contribution in [0.3, 0.4) is 0 Å². The second-order valence-electron chi connectivity index (χ2n) is 0.144. The van der Waals surface area contributed by atoms with Crippen LogP contribution in [0.25, 0.3) is 0 Å². The van der Waals surface area contributed by atoms with Gasteiger partial charge in [-0.1, -0.05) is 0 Å². The van der Waals surface area contributed by atoms with Crippen molar-refractivity contribution in [3.63, 3.8) is 0 Å². The Morgan fingerprint density at radius 3 is 1.40 bits per heavy atom. The van der Waals surface area contributed by atoms with E-state index in [-0.39, 0.29) is 59.1 Å². The molecule has 5 heavy (non-hydrogen) atoms. The third kappa shape index (κ3) is 30.5. The molecule has 0 heterocycles. The quantitative estimate of drug-likeness (QED) is 0.147. The predicted molar refractivity (Wildman–Crippen MR) is 25.7 cm³/mol. The summed E-state index contributed by atoms with van der Waals surface area (Å²) in [5, 5.41) is 9.82. The molecule has 0 spiro atoms. The second kappa shape index (κ2) is 17.9. The number of rotatable bonds is 0. The van der Waals surface area contributed by atoms with E-state index in [9.17, 15) is 0 Å². The van der Waals surface area contributed by atoms with Crippen molar-refractivity contribution in [1.29, 1.82) is 0 Å². The Labute approximate surface area is 75.2 Å². The minimum absolute atomic E-state index is 0. The van der Waals surface area contributed by atoms with Crippen LogP contribution in [0.5, 0.6) is 0 Å². The van der Waals surface area contributed by atoms with Gasteiger partial charge in [-0.2, -0.15) is 0 Å². The molecule has 0 aliphatic heterocycles. The van der Waals surface area contributed by atoms with Crippen LogP contribution in [0.1, 0.15) is 0 Å². The first-order valence-electron chi connectivity index (χ1n) is 0.558. The number of hydrogen-bond acceptors (Lipinski definition) is 1. The molecular weight excluding hydrogens is 88.0 g/mol. The van der Waals surface area contributed by atoms with Crippen LogP contribution in [0.15, 0.2) is 0 Å². The number of nitrogens with one attached hydrogen (secondary N) is 1. The van der Waals surface area contributed by atoms with Gasteiger partial charge < -0.3 is 5.21 Å². The summed E-state index contributed by atoms with van der Waals surface area (Å²) < 4.78 is 0. The average Bonchev–Trinajstić information content (AvgIpc) is 0.918. The van der Waals surface area contributed by atoms with Crippen molar-refractivity contribution >= 4 is 65.8 Å². The average molecular weight is 93.0 g/mol. The Morgan fingerprint density at radius 1 is 1.40 bits per heavy atom. The first kappa shape index (κ1) is 16.1. The molecule has 1 N–H and O–H groups in total. The van der Waals surface area contributed by atoms with Gasteiger partial charge in [-0.25, -0.2) is 5.16 Å². The topological polar surface area (TPSA) is 37.0 Å². The molecule has 22 valence electrons. The molecule has 0 aromatic heterocycles. The van der Waals surface area contributed by atoms with Gasteiger partial charge in [0.2, 0.25) is 0 Å². The molecule has 0 aromatic rings. The molecule has 0 saturated heterocycles. The maximum absolute atomic E-state index is 8.57. The van der Waals surface area contributed by atoms with Gasteiger partial charge in [0.25, 0.3) is 0 Å². The summed E-state index contributed by atoms with van der Waals surface area (Å²) in [6.45, 7) is 2.68. The Balaban J connectivity index is -0.0000000200. The van der Waals surface area contributed by atoms with Crippen LogP contribution in [0.4, 0.5) is 0 Å². The molecule has 0 atom stereocenters. The summed E-state index contributed by atoms with van der Waals surface area (Å²) >= 11 is 0. The Morgan fingerprint density at radius 2 is 1.40 bits per heavy atom. The second-order valence-corrected chi connectivity index (χ2v) is 0.144. The van der Waals surface area contributed by atoms with E-state index in [0.717, 1.165) is 0 Å². The number of hydrogen-bond donors (Lipinski definition) is 1. The Hall–Kier alpha value is 1.47. The van der Waals surface area contributed by atoms with Gasteiger partial charge >= 0.3 is 59.1 Å². The molecule has 0 saturated carbocycles. The third-order valence-electron chi connectivity index (χ3n) is 0. The maximum atomic E-state index is 8.57. The van der Waals surface area contributed by atoms with E-state index in [0.29, 0.717) is 0 Å². The summed E-state index contributed by atoms with van der Waals surface area (Å²) in [6, 6.07) is 0. The zero-order valence-corrected chi connectivity index (χ0v) is 1.62. The SMILES string of the molecule is C=[NH+][O-].[NaH].[NaH]. The van der Waals surface area contributed by atoms with Crippen molar-refractivity contribution < 1.29 is 5.16 Å². The van der Waals surface area contributed by atoms with Crippen molar-refractivity contribution in [2.24, 2.45) is 0 Å². The first-order valence-corrected chi connectivity index (χ1v) is 0.558. The molecule has 0 aromatic carbocycles. The molecule has 0 aliphatic carbocycles. The van der Waals surface area contributed by atoms with Crippen molar-refractivity contribution in [1.82, 2.24) is 0 Å². The van der Waals surface area contributed by atoms with E-state index >= 15 is 0 Å². The van der Waals surface area contributed by atoms with Crippen LogP contribution >= 0.6 is 0 Å². The summed E-state index contributed by atoms with van der Waals surface area (Å²) in [6.07, 6.45) is 0. The van der Waals surface area contributed by atoms with Crippen molar-refractivity contribution in [2.75, 3.05) is 0 Å². The zero-order chi connectivity index (χ0) is 2.71. The molecular formula is CH5NNa2O. The van der Waals surface area contributed by atoms with Crippen LogP contribution in [0.2, 0.25) is 0 Å². The van der Waals surface area contributed by atoms with Crippen LogP contribution in [-0.2, 0) is 0 Å². The molecule has 0 radical (unpaired) electrons. The predicted octanol–water partition coefficient (Wildman–Crippen LogP) is -3.03. The standard InChI is InChI=1S/CH3NO.2Na.2H/c1-2-3;;;;/h2H,1H2;;;;. The van der Waals surface area contributed by atoms with Gasteiger partial charge in [0, 0.05) is 0 Å². The summed E-state index contributed by atoms with van der Waals surface area (Å²) in [5.74, 6) is 0. The molecule has 0 aliphatic rings. The van der Waals surface area contributed by atoms with Crippen molar-refractivity contribution in [2.45, 2.75) is 0 Å². The zero-order valence-electron chi connectivity index (χ0n) is 1.62. The molecule has 0 fully saturated rings. The van der Waals surface area contributed by atoms with Gasteiger partial charge in [0.15, 0.2) is 0 Å². The van der Waals surface area contributed by atoms with Crippen LogP contribution < -0.4 is 5.16 Å². The normalized spacial score (nSPS) is 2.40. The van der Waals surface area contributed by atoms with Crippen molar-refractivity contribution in [3.8, 4) is 0 Å². The van der Waals surface area contributed by atoms with E-state index in [4.69, 9.17) is 5.21 Å². The van der Waals surface area contributed by atoms with E-state index in [1.165, 1.54) is 5.16 Å². The fraction of sp³-hybridized carbons (Fsp3) is 0. The van der Waals surface area contributed by atoms with Gasteiger partial charge in [-0.05, 0) is 0 Å². The van der Waals surface area contributed by atoms with E-state index < -0.39 is 0 Å². The third-order valence-corrected chi connectivity index (χ3v) is 0. The Bertz CT molecular complexity index is 17.1. The molecule has 0 amide bonds. The molecule has 2 nitrogen and oxygen atoms in total. The monoisotopic (exact) mass is 93.0 g/mol. The van der Waals surface area contributed by atoms with Gasteiger partial charge in [-0.3, -0.25) is 0 Å². The van der Waals surface area contributed by atoms with Crippen LogP contribution in [-0.4, -0.2) is 65.8 Å². The van der Waals surface area contributed by atoms with Gasteiger partial charge in [0.1, 0.15) is 6.72 Å². The fourth-order valence-corrected chi connectivity index (χ4v) is 0. The van der Waals surface area contributed by atoms with E-state index in [2.05, 4.69) is 6.72 Å². The van der Waals surface area contributed by atoms with Crippen LogP contribution in [0, 0.1) is 5.21 Å². The van der Waals surface area contributed by atoms with Crippen molar-refractivity contribution in [3.05, 3.63) is 5.21 Å². The summed E-state index contributed by atoms with van der Waals surface area (Å²) in [4.78, 5) is 0. The minimum atomic E-state index is 0. The van der Waals surface area contributed by atoms with E-state index in [1.807, 2.05) is 0 Å². The molecule has 0 rings (SSSR count). The molecule has 4 heteroatoms. The van der Waals surface area contributed by atoms with Gasteiger partial charge in [-0.15, -0.1) is 0 Å². The molecule has 0 unspecified atom stereocenters. The Kier molecular flexibility index (Phi) is 57.6. The van der Waals surface area contributed by atoms with Gasteiger partial charge in [0.05, 0.1) is 0 Å². The first-order chi connectivity index (χ1) is 1.41.